The summed E-state index contributed by atoms with van der Waals surface area (Å²) in [6.45, 7) is 4.78. The average molecular weight is 347 g/mol. The maximum atomic E-state index is 4.75. The number of pyridine rings is 1. The van der Waals surface area contributed by atoms with Gasteiger partial charge in [-0.3, -0.25) is 4.98 Å². The molecule has 4 aromatic rings. The molecule has 0 fully saturated rings. The molecule has 0 saturated heterocycles. The van der Waals surface area contributed by atoms with E-state index >= 15 is 0 Å². The number of rotatable bonds is 4. The Morgan fingerprint density at radius 2 is 1.76 bits per heavy atom. The molecule has 0 atom stereocenters. The summed E-state index contributed by atoms with van der Waals surface area (Å²) >= 11 is 1.72. The topological polar surface area (TPSA) is 63.6 Å². The largest absolute Gasteiger partial charge is 0.364 e. The molecule has 5 nitrogen and oxygen atoms in total. The van der Waals surface area contributed by atoms with Gasteiger partial charge in [0.1, 0.15) is 5.82 Å². The summed E-state index contributed by atoms with van der Waals surface area (Å²) < 4.78 is 0. The number of thiazole rings is 1. The Morgan fingerprint density at radius 3 is 2.52 bits per heavy atom. The Balaban J connectivity index is 1.75. The van der Waals surface area contributed by atoms with E-state index in [9.17, 15) is 0 Å². The fourth-order valence-electron chi connectivity index (χ4n) is 2.74. The van der Waals surface area contributed by atoms with Crippen molar-refractivity contribution in [2.24, 2.45) is 0 Å². The van der Waals surface area contributed by atoms with E-state index in [-0.39, 0.29) is 0 Å². The van der Waals surface area contributed by atoms with Crippen LogP contribution < -0.4 is 5.32 Å². The van der Waals surface area contributed by atoms with Crippen molar-refractivity contribution >= 4 is 28.1 Å². The molecule has 0 amide bonds. The standard InChI is InChI=1S/C19H17N5S/c1-12-17(22-13(2)25-12)11-21-19-15-5-3-4-6-16(15)23-18(24-19)14-7-9-20-10-8-14/h3-10H,11H2,1-2H3,(H,21,23,24). The van der Waals surface area contributed by atoms with Gasteiger partial charge < -0.3 is 5.32 Å². The van der Waals surface area contributed by atoms with Crippen molar-refractivity contribution in [3.8, 4) is 11.4 Å². The normalized spacial score (nSPS) is 11.0. The summed E-state index contributed by atoms with van der Waals surface area (Å²) in [6.07, 6.45) is 3.50. The molecule has 0 spiro atoms. The molecule has 4 rings (SSSR count). The van der Waals surface area contributed by atoms with Crippen molar-refractivity contribution in [2.45, 2.75) is 20.4 Å². The summed E-state index contributed by atoms with van der Waals surface area (Å²) in [5.74, 6) is 1.51. The maximum Gasteiger partial charge on any atom is 0.162 e. The predicted molar refractivity (Wildman–Crippen MR) is 102 cm³/mol. The van der Waals surface area contributed by atoms with Crippen LogP contribution in [0.15, 0.2) is 48.8 Å². The quantitative estimate of drug-likeness (QED) is 0.593. The molecule has 124 valence electrons. The van der Waals surface area contributed by atoms with Gasteiger partial charge in [-0.2, -0.15) is 0 Å². The van der Waals surface area contributed by atoms with E-state index < -0.39 is 0 Å². The van der Waals surface area contributed by atoms with Crippen LogP contribution in [0.1, 0.15) is 15.6 Å². The number of benzene rings is 1. The summed E-state index contributed by atoms with van der Waals surface area (Å²) in [5, 5.41) is 5.53. The zero-order valence-electron chi connectivity index (χ0n) is 14.0. The third kappa shape index (κ3) is 3.21. The smallest absolute Gasteiger partial charge is 0.162 e. The monoisotopic (exact) mass is 347 g/mol. The van der Waals surface area contributed by atoms with Crippen LogP contribution in [0.2, 0.25) is 0 Å². The van der Waals surface area contributed by atoms with Gasteiger partial charge in [0.05, 0.1) is 22.8 Å². The number of anilines is 1. The molecule has 0 aliphatic heterocycles. The van der Waals surface area contributed by atoms with E-state index in [4.69, 9.17) is 9.97 Å². The van der Waals surface area contributed by atoms with Crippen LogP contribution in [0, 0.1) is 13.8 Å². The lowest BCUT2D eigenvalue weighted by molar-refractivity contribution is 1.02. The Bertz CT molecular complexity index is 1030. The van der Waals surface area contributed by atoms with E-state index in [2.05, 4.69) is 22.2 Å². The van der Waals surface area contributed by atoms with Crippen LogP contribution >= 0.6 is 11.3 Å². The minimum absolute atomic E-state index is 0.646. The first-order valence-electron chi connectivity index (χ1n) is 8.04. The maximum absolute atomic E-state index is 4.75. The van der Waals surface area contributed by atoms with Crippen molar-refractivity contribution in [2.75, 3.05) is 5.32 Å². The first-order valence-corrected chi connectivity index (χ1v) is 8.86. The molecule has 0 unspecified atom stereocenters. The lowest BCUT2D eigenvalue weighted by Gasteiger charge is -2.10. The second-order valence-electron chi connectivity index (χ2n) is 5.74. The minimum Gasteiger partial charge on any atom is -0.364 e. The van der Waals surface area contributed by atoms with E-state index in [1.165, 1.54) is 4.88 Å². The van der Waals surface area contributed by atoms with Crippen LogP contribution in [0.25, 0.3) is 22.3 Å². The van der Waals surface area contributed by atoms with Gasteiger partial charge >= 0.3 is 0 Å². The number of para-hydroxylation sites is 1. The molecule has 0 bridgehead atoms. The minimum atomic E-state index is 0.646. The average Bonchev–Trinajstić information content (AvgIpc) is 2.97. The van der Waals surface area contributed by atoms with Gasteiger partial charge in [0, 0.05) is 28.2 Å². The van der Waals surface area contributed by atoms with Crippen LogP contribution in [0.5, 0.6) is 0 Å². The molecule has 6 heteroatoms. The molecule has 25 heavy (non-hydrogen) atoms. The number of aromatic nitrogens is 4. The van der Waals surface area contributed by atoms with E-state index in [1.54, 1.807) is 23.7 Å². The Kier molecular flexibility index (Phi) is 4.11. The van der Waals surface area contributed by atoms with Crippen molar-refractivity contribution < 1.29 is 0 Å². The second-order valence-corrected chi connectivity index (χ2v) is 7.15. The van der Waals surface area contributed by atoms with Crippen LogP contribution in [-0.2, 0) is 6.54 Å². The number of aryl methyl sites for hydroxylation is 2. The highest BCUT2D eigenvalue weighted by Crippen LogP contribution is 2.25. The number of hydrogen-bond acceptors (Lipinski definition) is 6. The molecule has 3 heterocycles. The van der Waals surface area contributed by atoms with Gasteiger partial charge in [-0.15, -0.1) is 11.3 Å². The third-order valence-electron chi connectivity index (χ3n) is 3.96. The van der Waals surface area contributed by atoms with E-state index in [0.29, 0.717) is 12.4 Å². The number of nitrogens with zero attached hydrogens (tertiary/aromatic N) is 4. The fourth-order valence-corrected chi connectivity index (χ4v) is 3.58. The molecular weight excluding hydrogens is 330 g/mol. The van der Waals surface area contributed by atoms with Crippen molar-refractivity contribution in [1.82, 2.24) is 19.9 Å². The molecule has 1 N–H and O–H groups in total. The number of nitrogens with one attached hydrogen (secondary N) is 1. The van der Waals surface area contributed by atoms with Crippen molar-refractivity contribution in [1.29, 1.82) is 0 Å². The highest BCUT2D eigenvalue weighted by atomic mass is 32.1. The summed E-state index contributed by atoms with van der Waals surface area (Å²) in [4.78, 5) is 19.3. The van der Waals surface area contributed by atoms with Gasteiger partial charge in [-0.05, 0) is 38.1 Å². The van der Waals surface area contributed by atoms with Gasteiger partial charge in [0.15, 0.2) is 5.82 Å². The van der Waals surface area contributed by atoms with Gasteiger partial charge in [-0.1, -0.05) is 12.1 Å². The molecule has 0 aliphatic rings. The third-order valence-corrected chi connectivity index (χ3v) is 4.89. The van der Waals surface area contributed by atoms with Gasteiger partial charge in [0.25, 0.3) is 0 Å². The molecule has 0 radical (unpaired) electrons. The summed E-state index contributed by atoms with van der Waals surface area (Å²) in [7, 11) is 0. The highest BCUT2D eigenvalue weighted by Gasteiger charge is 2.11. The SMILES string of the molecule is Cc1nc(CNc2nc(-c3ccncc3)nc3ccccc23)c(C)s1. The zero-order valence-corrected chi connectivity index (χ0v) is 14.8. The van der Waals surface area contributed by atoms with Crippen LogP contribution in [0.3, 0.4) is 0 Å². The Labute approximate surface area is 149 Å². The molecule has 0 aliphatic carbocycles. The van der Waals surface area contributed by atoms with Crippen LogP contribution in [0.4, 0.5) is 5.82 Å². The molecule has 1 aromatic carbocycles. The zero-order chi connectivity index (χ0) is 17.2. The lowest BCUT2D eigenvalue weighted by Crippen LogP contribution is -2.05. The second kappa shape index (κ2) is 6.57. The fraction of sp³-hybridized carbons (Fsp3) is 0.158. The molecule has 0 saturated carbocycles. The van der Waals surface area contributed by atoms with Gasteiger partial charge in [0.2, 0.25) is 0 Å². The summed E-state index contributed by atoms with van der Waals surface area (Å²) in [6, 6.07) is 11.9. The predicted octanol–water partition coefficient (Wildman–Crippen LogP) is 4.38. The first-order chi connectivity index (χ1) is 12.2. The van der Waals surface area contributed by atoms with E-state index in [1.807, 2.05) is 43.3 Å². The first kappa shape index (κ1) is 15.7. The Hall–Kier alpha value is -2.86. The number of hydrogen-bond donors (Lipinski definition) is 1. The summed E-state index contributed by atoms with van der Waals surface area (Å²) in [5.41, 5.74) is 2.93. The molecule has 3 aromatic heterocycles. The Morgan fingerprint density at radius 1 is 0.960 bits per heavy atom. The van der Waals surface area contributed by atoms with E-state index in [0.717, 1.165) is 33.0 Å². The van der Waals surface area contributed by atoms with Crippen molar-refractivity contribution in [3.63, 3.8) is 0 Å². The molecular formula is C19H17N5S. The van der Waals surface area contributed by atoms with Crippen molar-refractivity contribution in [3.05, 3.63) is 64.4 Å². The number of fused-ring (bicyclic) bond motifs is 1. The lowest BCUT2D eigenvalue weighted by atomic mass is 10.2. The van der Waals surface area contributed by atoms with Gasteiger partial charge in [-0.25, -0.2) is 15.0 Å². The highest BCUT2D eigenvalue weighted by molar-refractivity contribution is 7.11. The van der Waals surface area contributed by atoms with Crippen LogP contribution in [-0.4, -0.2) is 19.9 Å².